The van der Waals surface area contributed by atoms with Gasteiger partial charge in [-0.25, -0.2) is 4.39 Å². The lowest BCUT2D eigenvalue weighted by Crippen LogP contribution is -2.45. The maximum absolute atomic E-state index is 13.8. The lowest BCUT2D eigenvalue weighted by Gasteiger charge is -2.31. The number of likely N-dealkylation sites (N-methyl/N-ethyl adjacent to an activating group) is 1. The second kappa shape index (κ2) is 5.83. The third-order valence-corrected chi connectivity index (χ3v) is 4.34. The fourth-order valence-electron chi connectivity index (χ4n) is 3.18. The molecule has 2 aromatic rings. The second-order valence-corrected chi connectivity index (χ2v) is 6.05. The molecule has 3 rings (SSSR count). The number of phenols is 1. The van der Waals surface area contributed by atoms with Gasteiger partial charge in [-0.05, 0) is 43.8 Å². The molecule has 5 heteroatoms. The van der Waals surface area contributed by atoms with E-state index < -0.39 is 11.7 Å². The Labute approximate surface area is 134 Å². The molecule has 23 heavy (non-hydrogen) atoms. The second-order valence-electron chi connectivity index (χ2n) is 6.05. The fraction of sp³-hybridized carbons (Fsp3) is 0.333. The Balaban J connectivity index is 2.03. The van der Waals surface area contributed by atoms with E-state index in [0.717, 1.165) is 11.1 Å². The number of hydrogen-bond donors (Lipinski definition) is 3. The van der Waals surface area contributed by atoms with E-state index in [9.17, 15) is 14.6 Å². The highest BCUT2D eigenvalue weighted by atomic mass is 19.1. The molecule has 0 spiro atoms. The first-order valence-corrected chi connectivity index (χ1v) is 7.55. The molecule has 4 nitrogen and oxygen atoms in total. The molecule has 0 amide bonds. The predicted octanol–water partition coefficient (Wildman–Crippen LogP) is 2.47. The molecular formula is C18H20FNO3. The van der Waals surface area contributed by atoms with Crippen LogP contribution in [-0.2, 0) is 6.42 Å². The van der Waals surface area contributed by atoms with Crippen LogP contribution < -0.4 is 10.1 Å². The van der Waals surface area contributed by atoms with Crippen molar-refractivity contribution in [2.24, 2.45) is 0 Å². The quantitative estimate of drug-likeness (QED) is 0.811. The van der Waals surface area contributed by atoms with Crippen molar-refractivity contribution in [3.63, 3.8) is 0 Å². The van der Waals surface area contributed by atoms with E-state index in [2.05, 4.69) is 5.32 Å². The normalized spacial score (nSPS) is 22.9. The van der Waals surface area contributed by atoms with Crippen molar-refractivity contribution in [2.75, 3.05) is 13.6 Å². The Bertz CT molecular complexity index is 734. The number of aromatic hydroxyl groups is 1. The van der Waals surface area contributed by atoms with Gasteiger partial charge in [-0.1, -0.05) is 12.1 Å². The SMILES string of the molecule is CNCC1(O)Cc2ccc(O)cc2C1Oc1cccc(F)c1C. The fourth-order valence-corrected chi connectivity index (χ4v) is 3.18. The monoisotopic (exact) mass is 317 g/mol. The molecule has 0 radical (unpaired) electrons. The van der Waals surface area contributed by atoms with Gasteiger partial charge in [0.05, 0.1) is 0 Å². The van der Waals surface area contributed by atoms with Crippen LogP contribution in [-0.4, -0.2) is 29.4 Å². The van der Waals surface area contributed by atoms with Crippen LogP contribution in [0.4, 0.5) is 4.39 Å². The molecule has 2 unspecified atom stereocenters. The molecule has 0 bridgehead atoms. The summed E-state index contributed by atoms with van der Waals surface area (Å²) in [5, 5.41) is 23.8. The molecule has 0 aromatic heterocycles. The predicted molar refractivity (Wildman–Crippen MR) is 85.2 cm³/mol. The van der Waals surface area contributed by atoms with E-state index in [4.69, 9.17) is 4.74 Å². The van der Waals surface area contributed by atoms with Crippen molar-refractivity contribution < 1.29 is 19.3 Å². The van der Waals surface area contributed by atoms with Crippen molar-refractivity contribution in [3.05, 3.63) is 58.9 Å². The van der Waals surface area contributed by atoms with Crippen LogP contribution in [0.1, 0.15) is 22.8 Å². The van der Waals surface area contributed by atoms with Gasteiger partial charge in [0.1, 0.15) is 22.9 Å². The molecule has 0 saturated heterocycles. The zero-order chi connectivity index (χ0) is 16.6. The molecule has 122 valence electrons. The lowest BCUT2D eigenvalue weighted by molar-refractivity contribution is -0.0488. The van der Waals surface area contributed by atoms with Gasteiger partial charge in [-0.3, -0.25) is 0 Å². The summed E-state index contributed by atoms with van der Waals surface area (Å²) in [5.41, 5.74) is 0.878. The summed E-state index contributed by atoms with van der Waals surface area (Å²) in [5.74, 6) is 0.150. The molecular weight excluding hydrogens is 297 g/mol. The van der Waals surface area contributed by atoms with E-state index in [1.54, 1.807) is 44.3 Å². The van der Waals surface area contributed by atoms with Crippen LogP contribution in [0.25, 0.3) is 0 Å². The van der Waals surface area contributed by atoms with Crippen LogP contribution in [0, 0.1) is 12.7 Å². The summed E-state index contributed by atoms with van der Waals surface area (Å²) >= 11 is 0. The average molecular weight is 317 g/mol. The van der Waals surface area contributed by atoms with Gasteiger partial charge < -0.3 is 20.3 Å². The van der Waals surface area contributed by atoms with E-state index >= 15 is 0 Å². The van der Waals surface area contributed by atoms with Gasteiger partial charge >= 0.3 is 0 Å². The summed E-state index contributed by atoms with van der Waals surface area (Å²) < 4.78 is 19.8. The van der Waals surface area contributed by atoms with Crippen LogP contribution in [0.5, 0.6) is 11.5 Å². The molecule has 0 fully saturated rings. The highest BCUT2D eigenvalue weighted by Crippen LogP contribution is 2.43. The van der Waals surface area contributed by atoms with Crippen LogP contribution in [0.15, 0.2) is 36.4 Å². The van der Waals surface area contributed by atoms with Crippen molar-refractivity contribution in [1.29, 1.82) is 0 Å². The largest absolute Gasteiger partial charge is 0.508 e. The Kier molecular flexibility index (Phi) is 4.00. The zero-order valence-corrected chi connectivity index (χ0v) is 13.1. The first-order valence-electron chi connectivity index (χ1n) is 7.55. The molecule has 0 saturated carbocycles. The zero-order valence-electron chi connectivity index (χ0n) is 13.1. The third kappa shape index (κ3) is 2.78. The standard InChI is InChI=1S/C18H20FNO3/c1-11-15(19)4-3-5-16(11)23-17-14-8-13(21)7-6-12(14)9-18(17,22)10-20-2/h3-8,17,20-22H,9-10H2,1-2H3. The summed E-state index contributed by atoms with van der Waals surface area (Å²) in [7, 11) is 1.75. The summed E-state index contributed by atoms with van der Waals surface area (Å²) in [6, 6.07) is 9.60. The lowest BCUT2D eigenvalue weighted by atomic mass is 9.97. The first-order chi connectivity index (χ1) is 10.9. The van der Waals surface area contributed by atoms with Crippen LogP contribution >= 0.6 is 0 Å². The highest BCUT2D eigenvalue weighted by molar-refractivity contribution is 5.44. The van der Waals surface area contributed by atoms with Crippen LogP contribution in [0.2, 0.25) is 0 Å². The minimum atomic E-state index is -1.16. The van der Waals surface area contributed by atoms with Crippen molar-refractivity contribution >= 4 is 0 Å². The molecule has 0 heterocycles. The molecule has 2 atom stereocenters. The van der Waals surface area contributed by atoms with Gasteiger partial charge in [0, 0.05) is 24.1 Å². The minimum Gasteiger partial charge on any atom is -0.508 e. The Morgan fingerprint density at radius 3 is 2.87 bits per heavy atom. The number of aliphatic hydroxyl groups is 1. The van der Waals surface area contributed by atoms with E-state index in [1.165, 1.54) is 6.07 Å². The summed E-state index contributed by atoms with van der Waals surface area (Å²) in [6.07, 6.45) is -0.278. The van der Waals surface area contributed by atoms with Crippen molar-refractivity contribution in [1.82, 2.24) is 5.32 Å². The number of phenolic OH excluding ortho intramolecular Hbond substituents is 1. The van der Waals surface area contributed by atoms with Gasteiger partial charge in [0.15, 0.2) is 6.10 Å². The number of hydrogen-bond acceptors (Lipinski definition) is 4. The van der Waals surface area contributed by atoms with Crippen molar-refractivity contribution in [2.45, 2.75) is 25.0 Å². The smallest absolute Gasteiger partial charge is 0.154 e. The topological polar surface area (TPSA) is 61.7 Å². The number of fused-ring (bicyclic) bond motifs is 1. The highest BCUT2D eigenvalue weighted by Gasteiger charge is 2.46. The number of benzene rings is 2. The molecule has 0 aliphatic heterocycles. The Morgan fingerprint density at radius 1 is 1.35 bits per heavy atom. The van der Waals surface area contributed by atoms with E-state index in [1.807, 2.05) is 0 Å². The minimum absolute atomic E-state index is 0.113. The first kappa shape index (κ1) is 15.8. The van der Waals surface area contributed by atoms with Gasteiger partial charge in [-0.2, -0.15) is 0 Å². The Morgan fingerprint density at radius 2 is 2.13 bits per heavy atom. The van der Waals surface area contributed by atoms with Gasteiger partial charge in [0.25, 0.3) is 0 Å². The summed E-state index contributed by atoms with van der Waals surface area (Å²) in [4.78, 5) is 0. The van der Waals surface area contributed by atoms with Gasteiger partial charge in [-0.15, -0.1) is 0 Å². The third-order valence-electron chi connectivity index (χ3n) is 4.34. The molecule has 2 aromatic carbocycles. The number of nitrogens with one attached hydrogen (secondary N) is 1. The van der Waals surface area contributed by atoms with E-state index in [-0.39, 0.29) is 11.6 Å². The van der Waals surface area contributed by atoms with Gasteiger partial charge in [0.2, 0.25) is 0 Å². The Hall–Kier alpha value is -2.11. The van der Waals surface area contributed by atoms with Crippen molar-refractivity contribution in [3.8, 4) is 11.5 Å². The number of ether oxygens (including phenoxy) is 1. The molecule has 3 N–H and O–H groups in total. The molecule has 1 aliphatic carbocycles. The van der Waals surface area contributed by atoms with E-state index in [0.29, 0.717) is 24.3 Å². The number of rotatable bonds is 4. The number of halogens is 1. The maximum Gasteiger partial charge on any atom is 0.154 e. The summed E-state index contributed by atoms with van der Waals surface area (Å²) in [6.45, 7) is 1.96. The maximum atomic E-state index is 13.8. The molecule has 1 aliphatic rings. The average Bonchev–Trinajstić information content (AvgIpc) is 2.76. The van der Waals surface area contributed by atoms with Crippen LogP contribution in [0.3, 0.4) is 0 Å².